The molecule has 1 aromatic heterocycles. The number of piperidine rings is 1. The SMILES string of the molecule is CC(C)c1noc(N2CCC([C@H](C)CCOc3ccc([C@@H](N)C(=O)N4CCC(F)(F)C4)cc3)CC2)n1. The number of amides is 1. The molecule has 2 aliphatic rings. The molecule has 2 fully saturated rings. The summed E-state index contributed by atoms with van der Waals surface area (Å²) in [6.45, 7) is 8.25. The fourth-order valence-electron chi connectivity index (χ4n) is 4.88. The summed E-state index contributed by atoms with van der Waals surface area (Å²) in [4.78, 5) is 20.3. The van der Waals surface area contributed by atoms with E-state index in [9.17, 15) is 13.6 Å². The highest BCUT2D eigenvalue weighted by Gasteiger charge is 2.41. The maximum absolute atomic E-state index is 13.4. The molecule has 2 saturated heterocycles. The van der Waals surface area contributed by atoms with Gasteiger partial charge in [-0.2, -0.15) is 4.98 Å². The molecule has 0 unspecified atom stereocenters. The van der Waals surface area contributed by atoms with Crippen LogP contribution >= 0.6 is 0 Å². The van der Waals surface area contributed by atoms with Gasteiger partial charge in [-0.05, 0) is 48.8 Å². The normalized spacial score (nSPS) is 20.1. The molecule has 2 N–H and O–H groups in total. The van der Waals surface area contributed by atoms with Crippen molar-refractivity contribution in [1.82, 2.24) is 15.0 Å². The van der Waals surface area contributed by atoms with E-state index < -0.39 is 24.4 Å². The summed E-state index contributed by atoms with van der Waals surface area (Å²) < 4.78 is 38.2. The van der Waals surface area contributed by atoms with Gasteiger partial charge in [0, 0.05) is 32.0 Å². The van der Waals surface area contributed by atoms with Crippen LogP contribution in [0.15, 0.2) is 28.8 Å². The molecule has 0 saturated carbocycles. The predicted molar refractivity (Wildman–Crippen MR) is 132 cm³/mol. The lowest BCUT2D eigenvalue weighted by Gasteiger charge is -2.33. The van der Waals surface area contributed by atoms with E-state index in [0.29, 0.717) is 35.8 Å². The summed E-state index contributed by atoms with van der Waals surface area (Å²) in [5.41, 5.74) is 6.63. The summed E-state index contributed by atoms with van der Waals surface area (Å²) in [5, 5.41) is 4.06. The standard InChI is InChI=1S/C26H37F2N5O3/c1-17(2)23-30-25(36-31-23)32-12-8-19(9-13-32)18(3)10-15-35-21-6-4-20(5-7-21)22(29)24(34)33-14-11-26(27,28)16-33/h4-7,17-19,22H,8-16,29H2,1-3H3/t18-,22-/m1/s1. The van der Waals surface area contributed by atoms with E-state index in [-0.39, 0.29) is 18.9 Å². The molecule has 0 aliphatic carbocycles. The van der Waals surface area contributed by atoms with Crippen molar-refractivity contribution in [3.8, 4) is 5.75 Å². The van der Waals surface area contributed by atoms with Crippen LogP contribution in [0.4, 0.5) is 14.8 Å². The minimum absolute atomic E-state index is 0.0357. The Morgan fingerprint density at radius 2 is 1.89 bits per heavy atom. The molecule has 1 amide bonds. The zero-order valence-corrected chi connectivity index (χ0v) is 21.3. The van der Waals surface area contributed by atoms with Gasteiger partial charge in [-0.3, -0.25) is 4.79 Å². The Morgan fingerprint density at radius 1 is 1.19 bits per heavy atom. The number of rotatable bonds is 9. The average molecular weight is 506 g/mol. The Kier molecular flexibility index (Phi) is 8.12. The van der Waals surface area contributed by atoms with Crippen LogP contribution in [-0.2, 0) is 4.79 Å². The first-order valence-electron chi connectivity index (χ1n) is 12.9. The summed E-state index contributed by atoms with van der Waals surface area (Å²) in [7, 11) is 0. The second kappa shape index (κ2) is 11.1. The zero-order chi connectivity index (χ0) is 25.9. The van der Waals surface area contributed by atoms with Gasteiger partial charge in [-0.15, -0.1) is 0 Å². The first-order valence-corrected chi connectivity index (χ1v) is 12.9. The Morgan fingerprint density at radius 3 is 2.47 bits per heavy atom. The van der Waals surface area contributed by atoms with Crippen molar-refractivity contribution in [2.45, 2.75) is 64.3 Å². The van der Waals surface area contributed by atoms with E-state index in [1.165, 1.54) is 0 Å². The van der Waals surface area contributed by atoms with Gasteiger partial charge in [0.25, 0.3) is 5.92 Å². The monoisotopic (exact) mass is 505 g/mol. The molecule has 36 heavy (non-hydrogen) atoms. The van der Waals surface area contributed by atoms with Crippen LogP contribution in [0.1, 0.15) is 69.8 Å². The van der Waals surface area contributed by atoms with Crippen molar-refractivity contribution in [1.29, 1.82) is 0 Å². The van der Waals surface area contributed by atoms with Crippen molar-refractivity contribution in [3.63, 3.8) is 0 Å². The minimum Gasteiger partial charge on any atom is -0.494 e. The highest BCUT2D eigenvalue weighted by molar-refractivity contribution is 5.83. The first-order chi connectivity index (χ1) is 17.1. The Balaban J connectivity index is 1.18. The Bertz CT molecular complexity index is 1010. The van der Waals surface area contributed by atoms with Gasteiger partial charge in [-0.1, -0.05) is 38.1 Å². The lowest BCUT2D eigenvalue weighted by molar-refractivity contribution is -0.133. The molecule has 2 aliphatic heterocycles. The number of halogens is 2. The molecule has 0 spiro atoms. The molecule has 0 radical (unpaired) electrons. The molecule has 0 bridgehead atoms. The number of carbonyl (C=O) groups is 1. The molecule has 3 heterocycles. The van der Waals surface area contributed by atoms with Crippen LogP contribution in [0.25, 0.3) is 0 Å². The molecule has 198 valence electrons. The maximum atomic E-state index is 13.4. The first kappa shape index (κ1) is 26.3. The number of carbonyl (C=O) groups excluding carboxylic acids is 1. The quantitative estimate of drug-likeness (QED) is 0.540. The summed E-state index contributed by atoms with van der Waals surface area (Å²) in [6.07, 6.45) is 2.77. The number of nitrogens with zero attached hydrogens (tertiary/aromatic N) is 4. The van der Waals surface area contributed by atoms with Crippen molar-refractivity contribution in [2.24, 2.45) is 17.6 Å². The van der Waals surface area contributed by atoms with Gasteiger partial charge in [0.15, 0.2) is 5.82 Å². The molecular formula is C26H37F2N5O3. The minimum atomic E-state index is -2.83. The van der Waals surface area contributed by atoms with Gasteiger partial charge in [0.1, 0.15) is 11.8 Å². The number of nitrogens with two attached hydrogens (primary N) is 1. The number of aromatic nitrogens is 2. The fourth-order valence-corrected chi connectivity index (χ4v) is 4.88. The average Bonchev–Trinajstić information content (AvgIpc) is 3.50. The molecule has 1 aromatic carbocycles. The van der Waals surface area contributed by atoms with Crippen LogP contribution in [0.2, 0.25) is 0 Å². The largest absolute Gasteiger partial charge is 0.494 e. The molecular weight excluding hydrogens is 468 g/mol. The highest BCUT2D eigenvalue weighted by Crippen LogP contribution is 2.31. The lowest BCUT2D eigenvalue weighted by atomic mass is 9.84. The smallest absolute Gasteiger partial charge is 0.324 e. The third-order valence-corrected chi connectivity index (χ3v) is 7.39. The number of benzene rings is 1. The van der Waals surface area contributed by atoms with Crippen molar-refractivity contribution >= 4 is 11.9 Å². The Hall–Kier alpha value is -2.75. The molecule has 4 rings (SSSR count). The van der Waals surface area contributed by atoms with Gasteiger partial charge in [0.2, 0.25) is 5.91 Å². The molecule has 10 heteroatoms. The van der Waals surface area contributed by atoms with Crippen LogP contribution in [-0.4, -0.2) is 59.7 Å². The summed E-state index contributed by atoms with van der Waals surface area (Å²) >= 11 is 0. The lowest BCUT2D eigenvalue weighted by Crippen LogP contribution is -2.38. The fraction of sp³-hybridized carbons (Fsp3) is 0.654. The van der Waals surface area contributed by atoms with E-state index in [0.717, 1.165) is 43.1 Å². The number of ether oxygens (including phenoxy) is 1. The van der Waals surface area contributed by atoms with Crippen molar-refractivity contribution in [2.75, 3.05) is 37.7 Å². The third-order valence-electron chi connectivity index (χ3n) is 7.39. The van der Waals surface area contributed by atoms with Gasteiger partial charge < -0.3 is 24.8 Å². The summed E-state index contributed by atoms with van der Waals surface area (Å²) in [5.74, 6) is -0.471. The number of anilines is 1. The van der Waals surface area contributed by atoms with Crippen LogP contribution in [0, 0.1) is 11.8 Å². The molecule has 2 atom stereocenters. The van der Waals surface area contributed by atoms with Crippen molar-refractivity contribution < 1.29 is 22.8 Å². The van der Waals surface area contributed by atoms with Gasteiger partial charge >= 0.3 is 6.01 Å². The van der Waals surface area contributed by atoms with E-state index in [4.69, 9.17) is 15.0 Å². The van der Waals surface area contributed by atoms with Crippen molar-refractivity contribution in [3.05, 3.63) is 35.7 Å². The van der Waals surface area contributed by atoms with E-state index in [2.05, 4.69) is 35.8 Å². The number of hydrogen-bond acceptors (Lipinski definition) is 7. The number of hydrogen-bond donors (Lipinski definition) is 1. The van der Waals surface area contributed by atoms with Gasteiger partial charge in [0.05, 0.1) is 13.2 Å². The predicted octanol–water partition coefficient (Wildman–Crippen LogP) is 4.38. The highest BCUT2D eigenvalue weighted by atomic mass is 19.3. The second-order valence-corrected chi connectivity index (χ2v) is 10.4. The van der Waals surface area contributed by atoms with Gasteiger partial charge in [-0.25, -0.2) is 8.78 Å². The molecule has 2 aromatic rings. The summed E-state index contributed by atoms with van der Waals surface area (Å²) in [6, 6.07) is 6.68. The topological polar surface area (TPSA) is 97.7 Å². The van der Waals surface area contributed by atoms with E-state index in [1.54, 1.807) is 24.3 Å². The van der Waals surface area contributed by atoms with E-state index in [1.807, 2.05) is 0 Å². The zero-order valence-electron chi connectivity index (χ0n) is 21.3. The van der Waals surface area contributed by atoms with Crippen LogP contribution in [0.3, 0.4) is 0 Å². The third kappa shape index (κ3) is 6.32. The number of likely N-dealkylation sites (tertiary alicyclic amines) is 1. The maximum Gasteiger partial charge on any atom is 0.324 e. The van der Waals surface area contributed by atoms with Crippen LogP contribution in [0.5, 0.6) is 5.75 Å². The number of alkyl halides is 2. The Labute approximate surface area is 211 Å². The van der Waals surface area contributed by atoms with Crippen LogP contribution < -0.4 is 15.4 Å². The molecule has 8 nitrogen and oxygen atoms in total. The second-order valence-electron chi connectivity index (χ2n) is 10.4. The van der Waals surface area contributed by atoms with E-state index >= 15 is 0 Å².